The molecule has 1 aliphatic heterocycles. The van der Waals surface area contributed by atoms with Crippen molar-refractivity contribution >= 4 is 29.7 Å². The van der Waals surface area contributed by atoms with Gasteiger partial charge in [-0.1, -0.05) is 13.8 Å². The number of aliphatic carboxylic acids is 2. The van der Waals surface area contributed by atoms with Crippen molar-refractivity contribution in [3.63, 3.8) is 0 Å². The highest BCUT2D eigenvalue weighted by atomic mass is 16.4. The van der Waals surface area contributed by atoms with Gasteiger partial charge in [0.25, 0.3) is 0 Å². The molecule has 176 valence electrons. The van der Waals surface area contributed by atoms with E-state index >= 15 is 0 Å². The number of likely N-dealkylation sites (tertiary alicyclic amines) is 1. The molecule has 4 atom stereocenters. The molecule has 4 unspecified atom stereocenters. The number of aliphatic hydroxyl groups excluding tert-OH is 1. The molecule has 1 heterocycles. The molecule has 1 rings (SSSR count). The molecule has 31 heavy (non-hydrogen) atoms. The highest BCUT2D eigenvalue weighted by Crippen LogP contribution is 2.19. The summed E-state index contributed by atoms with van der Waals surface area (Å²) in [4.78, 5) is 60.8. The molecule has 0 saturated carbocycles. The maximum atomic E-state index is 12.7. The van der Waals surface area contributed by atoms with E-state index in [1.807, 2.05) is 0 Å². The van der Waals surface area contributed by atoms with Crippen molar-refractivity contribution in [2.75, 3.05) is 13.2 Å². The highest BCUT2D eigenvalue weighted by molar-refractivity contribution is 5.94. The van der Waals surface area contributed by atoms with Gasteiger partial charge in [-0.3, -0.25) is 19.2 Å². The molecule has 1 aliphatic rings. The van der Waals surface area contributed by atoms with Crippen molar-refractivity contribution in [1.29, 1.82) is 0 Å². The van der Waals surface area contributed by atoms with Crippen LogP contribution < -0.4 is 16.4 Å². The van der Waals surface area contributed by atoms with Gasteiger partial charge in [-0.2, -0.15) is 0 Å². The number of hydrogen-bond donors (Lipinski definition) is 6. The van der Waals surface area contributed by atoms with Gasteiger partial charge in [-0.25, -0.2) is 4.79 Å². The zero-order valence-corrected chi connectivity index (χ0v) is 17.7. The van der Waals surface area contributed by atoms with Gasteiger partial charge in [0.1, 0.15) is 18.1 Å². The predicted molar refractivity (Wildman–Crippen MR) is 108 cm³/mol. The van der Waals surface area contributed by atoms with Gasteiger partial charge in [-0.05, 0) is 31.6 Å². The fourth-order valence-electron chi connectivity index (χ4n) is 3.35. The molecule has 0 aromatic carbocycles. The van der Waals surface area contributed by atoms with Crippen LogP contribution in [0.4, 0.5) is 0 Å². The molecule has 1 saturated heterocycles. The lowest BCUT2D eigenvalue weighted by Gasteiger charge is -2.28. The second-order valence-corrected chi connectivity index (χ2v) is 8.00. The van der Waals surface area contributed by atoms with E-state index in [2.05, 4.69) is 10.6 Å². The van der Waals surface area contributed by atoms with Gasteiger partial charge in [-0.15, -0.1) is 0 Å². The monoisotopic (exact) mass is 444 g/mol. The number of nitrogens with zero attached hydrogens (tertiary/aromatic N) is 1. The lowest BCUT2D eigenvalue weighted by Crippen LogP contribution is -2.57. The normalized spacial score (nSPS) is 18.9. The average Bonchev–Trinajstić information content (AvgIpc) is 3.18. The van der Waals surface area contributed by atoms with Crippen LogP contribution in [-0.2, 0) is 24.0 Å². The molecule has 0 aromatic heterocycles. The standard InChI is InChI=1S/C19H32N4O8/c1-10(2)8-12(19(30)31)21-16(27)13(9-24)22-17(28)14-4-3-7-23(14)18(29)11(20)5-6-15(25)26/h10-14,24H,3-9,20H2,1-2H3,(H,21,27)(H,22,28)(H,25,26)(H,30,31). The summed E-state index contributed by atoms with van der Waals surface area (Å²) in [7, 11) is 0. The van der Waals surface area contributed by atoms with Crippen molar-refractivity contribution < 1.29 is 39.3 Å². The van der Waals surface area contributed by atoms with Crippen molar-refractivity contribution in [1.82, 2.24) is 15.5 Å². The number of rotatable bonds is 12. The SMILES string of the molecule is CC(C)CC(NC(=O)C(CO)NC(=O)C1CCCN1C(=O)C(N)CCC(=O)O)C(=O)O. The third-order valence-electron chi connectivity index (χ3n) is 4.96. The Balaban J connectivity index is 2.77. The summed E-state index contributed by atoms with van der Waals surface area (Å²) in [5.74, 6) is -4.42. The first-order chi connectivity index (χ1) is 14.5. The minimum absolute atomic E-state index is 0.00744. The van der Waals surface area contributed by atoms with E-state index in [1.165, 1.54) is 4.90 Å². The van der Waals surface area contributed by atoms with Crippen LogP contribution in [-0.4, -0.2) is 87.2 Å². The lowest BCUT2D eigenvalue weighted by atomic mass is 10.0. The van der Waals surface area contributed by atoms with Gasteiger partial charge in [0.2, 0.25) is 17.7 Å². The van der Waals surface area contributed by atoms with Crippen LogP contribution in [0.1, 0.15) is 46.0 Å². The number of carboxylic acids is 2. The van der Waals surface area contributed by atoms with E-state index in [4.69, 9.17) is 10.8 Å². The van der Waals surface area contributed by atoms with E-state index in [-0.39, 0.29) is 31.7 Å². The van der Waals surface area contributed by atoms with Gasteiger partial charge < -0.3 is 36.6 Å². The molecule has 12 nitrogen and oxygen atoms in total. The quantitative estimate of drug-likeness (QED) is 0.202. The summed E-state index contributed by atoms with van der Waals surface area (Å²) in [6.45, 7) is 3.08. The van der Waals surface area contributed by atoms with Crippen molar-refractivity contribution in [3.05, 3.63) is 0 Å². The van der Waals surface area contributed by atoms with Crippen LogP contribution in [0.15, 0.2) is 0 Å². The minimum atomic E-state index is -1.39. The van der Waals surface area contributed by atoms with Crippen molar-refractivity contribution in [3.8, 4) is 0 Å². The smallest absolute Gasteiger partial charge is 0.326 e. The molecular formula is C19H32N4O8. The van der Waals surface area contributed by atoms with Crippen LogP contribution in [0.25, 0.3) is 0 Å². The minimum Gasteiger partial charge on any atom is -0.481 e. The predicted octanol–water partition coefficient (Wildman–Crippen LogP) is -1.74. The summed E-state index contributed by atoms with van der Waals surface area (Å²) in [5, 5.41) is 32.2. The van der Waals surface area contributed by atoms with Crippen LogP contribution in [0.3, 0.4) is 0 Å². The second-order valence-electron chi connectivity index (χ2n) is 8.00. The summed E-state index contributed by atoms with van der Waals surface area (Å²) >= 11 is 0. The zero-order chi connectivity index (χ0) is 23.7. The van der Waals surface area contributed by atoms with Crippen LogP contribution >= 0.6 is 0 Å². The molecule has 0 radical (unpaired) electrons. The number of carbonyl (C=O) groups is 5. The average molecular weight is 444 g/mol. The van der Waals surface area contributed by atoms with E-state index in [9.17, 15) is 34.2 Å². The first-order valence-electron chi connectivity index (χ1n) is 10.2. The fourth-order valence-corrected chi connectivity index (χ4v) is 3.35. The first kappa shape index (κ1) is 26.3. The Labute approximate surface area is 180 Å². The maximum Gasteiger partial charge on any atom is 0.326 e. The number of carboxylic acid groups (broad SMARTS) is 2. The number of carbonyl (C=O) groups excluding carboxylic acids is 3. The number of nitrogens with one attached hydrogen (secondary N) is 2. The van der Waals surface area contributed by atoms with Gasteiger partial charge in [0.15, 0.2) is 0 Å². The number of nitrogens with two attached hydrogens (primary N) is 1. The largest absolute Gasteiger partial charge is 0.481 e. The molecule has 0 aliphatic carbocycles. The van der Waals surface area contributed by atoms with E-state index in [0.29, 0.717) is 12.8 Å². The number of aliphatic hydroxyl groups is 1. The molecule has 7 N–H and O–H groups in total. The molecule has 12 heteroatoms. The van der Waals surface area contributed by atoms with Crippen LogP contribution in [0, 0.1) is 5.92 Å². The van der Waals surface area contributed by atoms with E-state index in [0.717, 1.165) is 0 Å². The maximum absolute atomic E-state index is 12.7. The Morgan fingerprint density at radius 2 is 1.74 bits per heavy atom. The Morgan fingerprint density at radius 1 is 1.10 bits per heavy atom. The Kier molecular flexibility index (Phi) is 10.4. The van der Waals surface area contributed by atoms with Crippen LogP contribution in [0.5, 0.6) is 0 Å². The first-order valence-corrected chi connectivity index (χ1v) is 10.2. The Morgan fingerprint density at radius 3 is 2.26 bits per heavy atom. The molecule has 3 amide bonds. The van der Waals surface area contributed by atoms with Crippen molar-refractivity contribution in [2.45, 2.75) is 70.1 Å². The van der Waals surface area contributed by atoms with Crippen LogP contribution in [0.2, 0.25) is 0 Å². The van der Waals surface area contributed by atoms with E-state index in [1.54, 1.807) is 13.8 Å². The lowest BCUT2D eigenvalue weighted by molar-refractivity contribution is -0.144. The Bertz CT molecular complexity index is 684. The molecule has 0 bridgehead atoms. The number of hydrogen-bond acceptors (Lipinski definition) is 7. The molecule has 1 fully saturated rings. The number of amides is 3. The topological polar surface area (TPSA) is 199 Å². The highest BCUT2D eigenvalue weighted by Gasteiger charge is 2.37. The summed E-state index contributed by atoms with van der Waals surface area (Å²) in [6.07, 6.45) is 0.639. The molecular weight excluding hydrogens is 412 g/mol. The third kappa shape index (κ3) is 8.13. The summed E-state index contributed by atoms with van der Waals surface area (Å²) in [6, 6.07) is -4.56. The van der Waals surface area contributed by atoms with Gasteiger partial charge >= 0.3 is 11.9 Å². The van der Waals surface area contributed by atoms with Gasteiger partial charge in [0.05, 0.1) is 12.6 Å². The van der Waals surface area contributed by atoms with Crippen molar-refractivity contribution in [2.24, 2.45) is 11.7 Å². The Hall–Kier alpha value is -2.73. The molecule has 0 aromatic rings. The second kappa shape index (κ2) is 12.2. The van der Waals surface area contributed by atoms with E-state index < -0.39 is 60.4 Å². The molecule has 0 spiro atoms. The van der Waals surface area contributed by atoms with Gasteiger partial charge in [0, 0.05) is 13.0 Å². The third-order valence-corrected chi connectivity index (χ3v) is 4.96. The summed E-state index contributed by atoms with van der Waals surface area (Å²) in [5.41, 5.74) is 5.76. The zero-order valence-electron chi connectivity index (χ0n) is 17.7. The fraction of sp³-hybridized carbons (Fsp3) is 0.737. The summed E-state index contributed by atoms with van der Waals surface area (Å²) < 4.78 is 0.